The van der Waals surface area contributed by atoms with Gasteiger partial charge in [0, 0.05) is 18.1 Å². The zero-order valence-corrected chi connectivity index (χ0v) is 17.0. The molecule has 0 saturated heterocycles. The number of carbonyl (C=O) groups is 1. The summed E-state index contributed by atoms with van der Waals surface area (Å²) >= 11 is 1.73. The third kappa shape index (κ3) is 3.36. The van der Waals surface area contributed by atoms with Crippen LogP contribution in [-0.4, -0.2) is 23.2 Å². The van der Waals surface area contributed by atoms with Gasteiger partial charge in [-0.2, -0.15) is 0 Å². The van der Waals surface area contributed by atoms with Crippen molar-refractivity contribution in [3.8, 4) is 0 Å². The number of nitrogens with zero attached hydrogens (tertiary/aromatic N) is 2. The molecule has 0 unspecified atom stereocenters. The molecule has 1 aromatic heterocycles. The molecule has 0 radical (unpaired) electrons. The molecule has 4 nitrogen and oxygen atoms in total. The van der Waals surface area contributed by atoms with Gasteiger partial charge in [-0.15, -0.1) is 28.3 Å². The fourth-order valence-electron chi connectivity index (χ4n) is 5.47. The number of esters is 1. The highest BCUT2D eigenvalue weighted by atomic mass is 79.9. The normalized spacial score (nSPS) is 34.2. The maximum Gasteiger partial charge on any atom is 0.305 e. The lowest BCUT2D eigenvalue weighted by Crippen LogP contribution is -2.50. The van der Waals surface area contributed by atoms with Gasteiger partial charge in [-0.05, 0) is 62.7 Å². The zero-order chi connectivity index (χ0) is 16.0. The zero-order valence-electron chi connectivity index (χ0n) is 14.5. The summed E-state index contributed by atoms with van der Waals surface area (Å²) in [7, 11) is 3.53. The molecule has 4 aliphatic rings. The van der Waals surface area contributed by atoms with Crippen molar-refractivity contribution in [1.29, 1.82) is 0 Å². The van der Waals surface area contributed by atoms with Crippen molar-refractivity contribution in [3.05, 3.63) is 15.9 Å². The molecule has 4 aliphatic carbocycles. The summed E-state index contributed by atoms with van der Waals surface area (Å²) in [5, 5.41) is 2.16. The number of thiazole rings is 1. The Bertz CT molecular complexity index is 644. The molecule has 6 heteroatoms. The quantitative estimate of drug-likeness (QED) is 0.705. The van der Waals surface area contributed by atoms with Crippen LogP contribution in [0.5, 0.6) is 0 Å². The summed E-state index contributed by atoms with van der Waals surface area (Å²) in [4.78, 5) is 17.8. The highest BCUT2D eigenvalue weighted by Gasteiger charge is 2.51. The molecule has 0 aliphatic heterocycles. The van der Waals surface area contributed by atoms with E-state index in [2.05, 4.69) is 17.0 Å². The highest BCUT2D eigenvalue weighted by molar-refractivity contribution is 8.93. The fraction of sp³-hybridized carbons (Fsp3) is 0.778. The second kappa shape index (κ2) is 6.94. The van der Waals surface area contributed by atoms with Gasteiger partial charge >= 0.3 is 5.97 Å². The van der Waals surface area contributed by atoms with E-state index in [-0.39, 0.29) is 28.5 Å². The minimum atomic E-state index is -0.143. The Labute approximate surface area is 158 Å². The Morgan fingerprint density at radius 3 is 2.42 bits per heavy atom. The number of aromatic nitrogens is 1. The summed E-state index contributed by atoms with van der Waals surface area (Å²) < 4.78 is 6.93. The van der Waals surface area contributed by atoms with Gasteiger partial charge in [-0.1, -0.05) is 0 Å². The largest absolute Gasteiger partial charge is 0.469 e. The number of hydrogen-bond donors (Lipinski definition) is 0. The van der Waals surface area contributed by atoms with E-state index in [1.54, 1.807) is 11.3 Å². The van der Waals surface area contributed by atoms with Gasteiger partial charge in [-0.3, -0.25) is 9.79 Å². The maximum absolute atomic E-state index is 11.4. The van der Waals surface area contributed by atoms with Crippen LogP contribution in [0.4, 0.5) is 0 Å². The molecular weight excluding hydrogens is 388 g/mol. The van der Waals surface area contributed by atoms with E-state index in [4.69, 9.17) is 9.73 Å². The first-order valence-electron chi connectivity index (χ1n) is 8.83. The van der Waals surface area contributed by atoms with Crippen LogP contribution in [0.25, 0.3) is 0 Å². The third-order valence-electron chi connectivity index (χ3n) is 6.17. The van der Waals surface area contributed by atoms with Crippen LogP contribution in [0.15, 0.2) is 10.4 Å². The molecule has 5 rings (SSSR count). The van der Waals surface area contributed by atoms with E-state index in [0.29, 0.717) is 6.42 Å². The van der Waals surface area contributed by atoms with E-state index in [9.17, 15) is 4.79 Å². The van der Waals surface area contributed by atoms with E-state index in [1.165, 1.54) is 51.3 Å². The average molecular weight is 415 g/mol. The molecule has 1 heterocycles. The standard InChI is InChI=1S/C18H26N2O2S.BrH/c1-20-15(3-4-16(21)22-2)11-23-17(20)19-18-8-12-5-13(9-18)7-14(6-12)10-18;/h11-14H,3-10H2,1-2H3;1H. The van der Waals surface area contributed by atoms with Gasteiger partial charge in [0.25, 0.3) is 0 Å². The van der Waals surface area contributed by atoms with Crippen molar-refractivity contribution in [2.24, 2.45) is 29.8 Å². The molecule has 1 aromatic rings. The maximum atomic E-state index is 11.4. The van der Waals surface area contributed by atoms with Crippen LogP contribution in [0.3, 0.4) is 0 Å². The smallest absolute Gasteiger partial charge is 0.305 e. The van der Waals surface area contributed by atoms with Crippen LogP contribution < -0.4 is 4.80 Å². The molecule has 4 bridgehead atoms. The van der Waals surface area contributed by atoms with Crippen molar-refractivity contribution in [3.63, 3.8) is 0 Å². The molecule has 0 atom stereocenters. The van der Waals surface area contributed by atoms with Crippen LogP contribution in [-0.2, 0) is 23.0 Å². The second-order valence-corrected chi connectivity index (χ2v) is 8.74. The number of methoxy groups -OCH3 is 1. The summed E-state index contributed by atoms with van der Waals surface area (Å²) in [6.45, 7) is 0. The van der Waals surface area contributed by atoms with Crippen LogP contribution in [0.2, 0.25) is 0 Å². The van der Waals surface area contributed by atoms with Crippen LogP contribution in [0, 0.1) is 17.8 Å². The minimum Gasteiger partial charge on any atom is -0.469 e. The van der Waals surface area contributed by atoms with Crippen molar-refractivity contribution < 1.29 is 9.53 Å². The van der Waals surface area contributed by atoms with E-state index in [1.807, 2.05) is 0 Å². The number of hydrogen-bond acceptors (Lipinski definition) is 4. The van der Waals surface area contributed by atoms with Crippen LogP contribution in [0.1, 0.15) is 50.6 Å². The van der Waals surface area contributed by atoms with Gasteiger partial charge in [0.2, 0.25) is 0 Å². The van der Waals surface area contributed by atoms with Gasteiger partial charge in [0.05, 0.1) is 19.1 Å². The number of ether oxygens (including phenoxy) is 1. The average Bonchev–Trinajstić information content (AvgIpc) is 2.83. The number of carbonyl (C=O) groups excluding carboxylic acids is 1. The summed E-state index contributed by atoms with van der Waals surface area (Å²) in [6.07, 6.45) is 9.44. The lowest BCUT2D eigenvalue weighted by atomic mass is 9.53. The molecule has 4 saturated carbocycles. The lowest BCUT2D eigenvalue weighted by Gasteiger charge is -2.54. The molecule has 4 fully saturated rings. The van der Waals surface area contributed by atoms with Gasteiger partial charge in [-0.25, -0.2) is 0 Å². The van der Waals surface area contributed by atoms with Crippen molar-refractivity contribution in [1.82, 2.24) is 4.57 Å². The minimum absolute atomic E-state index is 0. The summed E-state index contributed by atoms with van der Waals surface area (Å²) in [5.74, 6) is 2.63. The molecule has 0 aromatic carbocycles. The van der Waals surface area contributed by atoms with E-state index in [0.717, 1.165) is 29.0 Å². The highest BCUT2D eigenvalue weighted by Crippen LogP contribution is 2.57. The van der Waals surface area contributed by atoms with Crippen molar-refractivity contribution >= 4 is 34.3 Å². The Balaban J connectivity index is 0.00000169. The Morgan fingerprint density at radius 2 is 1.88 bits per heavy atom. The molecule has 24 heavy (non-hydrogen) atoms. The fourth-order valence-corrected chi connectivity index (χ4v) is 6.51. The molecule has 134 valence electrons. The van der Waals surface area contributed by atoms with Crippen molar-refractivity contribution in [2.75, 3.05) is 7.11 Å². The first-order valence-corrected chi connectivity index (χ1v) is 9.71. The second-order valence-electron chi connectivity index (χ2n) is 7.90. The Hall–Kier alpha value is -0.620. The number of aryl methyl sites for hydroxylation is 1. The summed E-state index contributed by atoms with van der Waals surface area (Å²) in [6, 6.07) is 0. The van der Waals surface area contributed by atoms with Gasteiger partial charge < -0.3 is 9.30 Å². The molecule has 0 spiro atoms. The number of rotatable bonds is 4. The van der Waals surface area contributed by atoms with Crippen LogP contribution >= 0.6 is 28.3 Å². The van der Waals surface area contributed by atoms with Gasteiger partial charge in [0.1, 0.15) is 0 Å². The third-order valence-corrected chi connectivity index (χ3v) is 7.14. The van der Waals surface area contributed by atoms with E-state index < -0.39 is 0 Å². The SMILES string of the molecule is Br.COC(=O)CCc1csc(=NC23CC4CC(CC(C4)C2)C3)n1C. The first kappa shape index (κ1) is 18.2. The predicted octanol–water partition coefficient (Wildman–Crippen LogP) is 3.64. The van der Waals surface area contributed by atoms with E-state index >= 15 is 0 Å². The Kier molecular flexibility index (Phi) is 5.26. The molecule has 0 N–H and O–H groups in total. The molecular formula is C18H27BrN2O2S. The summed E-state index contributed by atoms with van der Waals surface area (Å²) in [5.41, 5.74) is 1.40. The Morgan fingerprint density at radius 1 is 1.29 bits per heavy atom. The first-order chi connectivity index (χ1) is 11.1. The monoisotopic (exact) mass is 414 g/mol. The predicted molar refractivity (Wildman–Crippen MR) is 100 cm³/mol. The number of halogens is 1. The topological polar surface area (TPSA) is 43.6 Å². The lowest BCUT2D eigenvalue weighted by molar-refractivity contribution is -0.140. The molecule has 0 amide bonds. The van der Waals surface area contributed by atoms with Gasteiger partial charge in [0.15, 0.2) is 4.80 Å². The van der Waals surface area contributed by atoms with Crippen molar-refractivity contribution in [2.45, 2.75) is 56.9 Å².